The molecule has 8 nitrogen and oxygen atoms in total. The third kappa shape index (κ3) is 5.59. The number of quaternary nitrogens is 1. The fraction of sp³-hybridized carbons (Fsp3) is 0.429. The second-order valence-corrected chi connectivity index (χ2v) is 5.41. The van der Waals surface area contributed by atoms with Crippen LogP contribution in [0.2, 0.25) is 0 Å². The molecule has 1 aliphatic rings. The number of rotatable bonds is 6. The molecule has 0 aromatic heterocycles. The Morgan fingerprint density at radius 2 is 2.08 bits per heavy atom. The minimum absolute atomic E-state index is 0.117. The Labute approximate surface area is 142 Å². The smallest absolute Gasteiger partial charge is 0.471 e. The molecule has 1 unspecified atom stereocenters. The lowest BCUT2D eigenvalue weighted by molar-refractivity contribution is -0.816. The van der Waals surface area contributed by atoms with Gasteiger partial charge in [0.25, 0.3) is 0 Å². The molecule has 4 N–H and O–H groups in total. The Hall–Kier alpha value is -2.37. The summed E-state index contributed by atoms with van der Waals surface area (Å²) in [7, 11) is 1.70. The van der Waals surface area contributed by atoms with Gasteiger partial charge in [0, 0.05) is 25.7 Å². The predicted molar refractivity (Wildman–Crippen MR) is 86.1 cm³/mol. The molecule has 1 amide bonds. The molecule has 0 radical (unpaired) electrons. The number of carbonyl (C=O) groups is 1. The molecule has 25 heavy (non-hydrogen) atoms. The molecule has 0 fully saturated rings. The number of guanidine groups is 1. The van der Waals surface area contributed by atoms with Gasteiger partial charge in [-0.05, 0) is 13.1 Å². The predicted octanol–water partition coefficient (Wildman–Crippen LogP) is -0.403. The van der Waals surface area contributed by atoms with Crippen LogP contribution in [0.15, 0.2) is 29.3 Å². The molecule has 1 heterocycles. The highest BCUT2D eigenvalue weighted by atomic mass is 19.4. The highest BCUT2D eigenvalue weighted by Gasteiger charge is 2.38. The van der Waals surface area contributed by atoms with E-state index >= 15 is 0 Å². The van der Waals surface area contributed by atoms with E-state index in [2.05, 4.69) is 15.7 Å². The van der Waals surface area contributed by atoms with Crippen molar-refractivity contribution >= 4 is 23.2 Å². The summed E-state index contributed by atoms with van der Waals surface area (Å²) in [6, 6.07) is 7.01. The first-order chi connectivity index (χ1) is 11.8. The molecule has 2 rings (SSSR count). The lowest BCUT2D eigenvalue weighted by Gasteiger charge is -2.30. The average Bonchev–Trinajstić information content (AvgIpc) is 2.54. The fourth-order valence-corrected chi connectivity index (χ4v) is 2.11. The number of hydrogen-bond acceptors (Lipinski definition) is 4. The van der Waals surface area contributed by atoms with E-state index in [0.29, 0.717) is 30.4 Å². The summed E-state index contributed by atoms with van der Waals surface area (Å²) in [5, 5.41) is 16.4. The fourth-order valence-electron chi connectivity index (χ4n) is 2.11. The summed E-state index contributed by atoms with van der Waals surface area (Å²) in [6.45, 7) is 0.905. The van der Waals surface area contributed by atoms with Crippen molar-refractivity contribution in [2.24, 2.45) is 4.99 Å². The van der Waals surface area contributed by atoms with E-state index in [4.69, 9.17) is 0 Å². The lowest BCUT2D eigenvalue weighted by Crippen LogP contribution is -3.11. The average molecular weight is 360 g/mol. The zero-order valence-corrected chi connectivity index (χ0v) is 13.5. The number of aliphatic imine (C=N–C) groups is 1. The van der Waals surface area contributed by atoms with Gasteiger partial charge in [-0.2, -0.15) is 18.6 Å². The van der Waals surface area contributed by atoms with Gasteiger partial charge in [-0.3, -0.25) is 4.79 Å². The van der Waals surface area contributed by atoms with Crippen molar-refractivity contribution in [3.63, 3.8) is 0 Å². The largest absolute Gasteiger partial charge is 0.603 e. The van der Waals surface area contributed by atoms with Crippen LogP contribution in [0.3, 0.4) is 0 Å². The van der Waals surface area contributed by atoms with Gasteiger partial charge in [-0.25, -0.2) is 10.2 Å². The van der Waals surface area contributed by atoms with Crippen molar-refractivity contribution < 1.29 is 23.1 Å². The van der Waals surface area contributed by atoms with Gasteiger partial charge in [0.2, 0.25) is 5.96 Å². The molecule has 0 saturated heterocycles. The number of halogens is 3. The standard InChI is InChI=1S/C14H19F3N6O2/c1-22(8-6-18-12(24)14(15,16)17)9-7-19-13-20-10-4-2-3-5-11(10)23(25)21-13/h2-5,23H,6-9H2,1H3,(H,18,24)(H2,19,20,21). The summed E-state index contributed by atoms with van der Waals surface area (Å²) in [5.74, 6) is -1.63. The third-order valence-electron chi connectivity index (χ3n) is 3.44. The molecule has 11 heteroatoms. The normalized spacial score (nSPS) is 18.5. The highest BCUT2D eigenvalue weighted by Crippen LogP contribution is 2.17. The quantitative estimate of drug-likeness (QED) is 0.518. The zero-order chi connectivity index (χ0) is 18.4. The molecule has 1 aromatic carbocycles. The number of fused-ring (bicyclic) bond motifs is 1. The first kappa shape index (κ1) is 19.0. The minimum Gasteiger partial charge on any atom is -0.603 e. The second-order valence-electron chi connectivity index (χ2n) is 5.41. The van der Waals surface area contributed by atoms with E-state index in [1.54, 1.807) is 41.5 Å². The van der Waals surface area contributed by atoms with Crippen molar-refractivity contribution in [3.8, 4) is 0 Å². The maximum Gasteiger partial charge on any atom is 0.471 e. The van der Waals surface area contributed by atoms with E-state index in [1.807, 2.05) is 0 Å². The zero-order valence-electron chi connectivity index (χ0n) is 13.5. The SMILES string of the molecule is CN(CCN=C1Nc2ccccc2[NH+]([O-])N1)CCNC(=O)C(F)(F)F. The summed E-state index contributed by atoms with van der Waals surface area (Å²) >= 11 is 0. The molecule has 138 valence electrons. The number of nitrogens with one attached hydrogen (secondary N) is 4. The van der Waals surface area contributed by atoms with Crippen LogP contribution >= 0.6 is 0 Å². The van der Waals surface area contributed by atoms with Crippen LogP contribution in [-0.2, 0) is 4.79 Å². The van der Waals surface area contributed by atoms with Crippen molar-refractivity contribution in [2.45, 2.75) is 6.18 Å². The molecule has 1 aromatic rings. The first-order valence-corrected chi connectivity index (χ1v) is 7.53. The van der Waals surface area contributed by atoms with Gasteiger partial charge in [0.1, 0.15) is 5.69 Å². The summed E-state index contributed by atoms with van der Waals surface area (Å²) in [5.41, 5.74) is 3.81. The van der Waals surface area contributed by atoms with Crippen LogP contribution in [0.1, 0.15) is 0 Å². The Balaban J connectivity index is 1.73. The number of likely N-dealkylation sites (N-methyl/N-ethyl adjacent to an activating group) is 1. The second kappa shape index (κ2) is 8.14. The third-order valence-corrected chi connectivity index (χ3v) is 3.44. The van der Waals surface area contributed by atoms with Crippen LogP contribution in [-0.4, -0.2) is 56.2 Å². The summed E-state index contributed by atoms with van der Waals surface area (Å²) in [4.78, 5) is 16.6. The van der Waals surface area contributed by atoms with E-state index in [1.165, 1.54) is 0 Å². The number of hydrogen-bond donors (Lipinski definition) is 4. The van der Waals surface area contributed by atoms with Crippen LogP contribution in [0, 0.1) is 5.21 Å². The first-order valence-electron chi connectivity index (χ1n) is 7.53. The molecular formula is C14H19F3N6O2. The molecule has 1 aliphatic heterocycles. The maximum absolute atomic E-state index is 12.0. The molecule has 0 bridgehead atoms. The van der Waals surface area contributed by atoms with Gasteiger partial charge >= 0.3 is 12.1 Å². The Kier molecular flexibility index (Phi) is 6.17. The Bertz CT molecular complexity index is 637. The number of nitrogens with zero attached hydrogens (tertiary/aromatic N) is 2. The van der Waals surface area contributed by atoms with Crippen molar-refractivity contribution in [2.75, 3.05) is 38.5 Å². The number of anilines is 1. The number of carbonyl (C=O) groups excluding carboxylic acids is 1. The summed E-state index contributed by atoms with van der Waals surface area (Å²) in [6.07, 6.45) is -4.87. The monoisotopic (exact) mass is 360 g/mol. The van der Waals surface area contributed by atoms with Gasteiger partial charge in [-0.15, -0.1) is 0 Å². The number of amides is 1. The number of benzene rings is 1. The van der Waals surface area contributed by atoms with E-state index in [0.717, 1.165) is 0 Å². The Morgan fingerprint density at radius 3 is 2.80 bits per heavy atom. The van der Waals surface area contributed by atoms with Crippen LogP contribution in [0.4, 0.5) is 24.5 Å². The number of alkyl halides is 3. The van der Waals surface area contributed by atoms with Gasteiger partial charge < -0.3 is 20.7 Å². The van der Waals surface area contributed by atoms with Gasteiger partial charge in [0.15, 0.2) is 5.69 Å². The molecular weight excluding hydrogens is 341 g/mol. The molecule has 0 aliphatic carbocycles. The highest BCUT2D eigenvalue weighted by molar-refractivity contribution is 5.96. The van der Waals surface area contributed by atoms with Crippen LogP contribution < -0.4 is 21.2 Å². The van der Waals surface area contributed by atoms with Crippen LogP contribution in [0.25, 0.3) is 0 Å². The van der Waals surface area contributed by atoms with Crippen molar-refractivity contribution in [1.82, 2.24) is 15.6 Å². The Morgan fingerprint density at radius 1 is 1.36 bits per heavy atom. The van der Waals surface area contributed by atoms with Gasteiger partial charge in [-0.1, -0.05) is 12.1 Å². The van der Waals surface area contributed by atoms with E-state index in [-0.39, 0.29) is 18.3 Å². The van der Waals surface area contributed by atoms with Crippen molar-refractivity contribution in [3.05, 3.63) is 29.5 Å². The van der Waals surface area contributed by atoms with Gasteiger partial charge in [0.05, 0.1) is 6.54 Å². The molecule has 1 atom stereocenters. The molecule has 0 spiro atoms. The summed E-state index contributed by atoms with van der Waals surface area (Å²) < 4.78 is 36.1. The maximum atomic E-state index is 12.0. The number of para-hydroxylation sites is 2. The van der Waals surface area contributed by atoms with E-state index < -0.39 is 12.1 Å². The lowest BCUT2D eigenvalue weighted by atomic mass is 10.2. The van der Waals surface area contributed by atoms with Crippen LogP contribution in [0.5, 0.6) is 0 Å². The van der Waals surface area contributed by atoms with Crippen molar-refractivity contribution in [1.29, 1.82) is 0 Å². The van der Waals surface area contributed by atoms with E-state index in [9.17, 15) is 23.2 Å². The minimum atomic E-state index is -4.87. The topological polar surface area (TPSA) is 96.3 Å². The molecule has 0 saturated carbocycles.